The van der Waals surface area contributed by atoms with Crippen LogP contribution in [0.2, 0.25) is 5.02 Å². The Kier molecular flexibility index (Phi) is 5.38. The van der Waals surface area contributed by atoms with Gasteiger partial charge in [-0.3, -0.25) is 4.98 Å². The van der Waals surface area contributed by atoms with Crippen molar-refractivity contribution in [2.24, 2.45) is 5.14 Å². The van der Waals surface area contributed by atoms with Crippen molar-refractivity contribution in [2.45, 2.75) is 36.8 Å². The minimum atomic E-state index is -1.37. The Hall–Kier alpha value is -0.520. The number of rotatable bonds is 5. The van der Waals surface area contributed by atoms with Gasteiger partial charge in [-0.05, 0) is 50.1 Å². The Balaban J connectivity index is 2.14. The molecule has 0 saturated carbocycles. The largest absolute Gasteiger partial charge is 0.598 e. The van der Waals surface area contributed by atoms with Gasteiger partial charge in [0.05, 0.1) is 10.9 Å². The predicted molar refractivity (Wildman–Crippen MR) is 91.0 cm³/mol. The van der Waals surface area contributed by atoms with Crippen LogP contribution in [-0.2, 0) is 11.4 Å². The molecule has 6 heteroatoms. The second-order valence-electron chi connectivity index (χ2n) is 5.67. The van der Waals surface area contributed by atoms with E-state index in [1.807, 2.05) is 38.1 Å². The van der Waals surface area contributed by atoms with E-state index in [0.717, 1.165) is 16.5 Å². The first-order valence-corrected chi connectivity index (χ1v) is 8.68. The Morgan fingerprint density at radius 3 is 2.76 bits per heavy atom. The number of hydrogen-bond acceptors (Lipinski definition) is 3. The highest BCUT2D eigenvalue weighted by atomic mass is 35.5. The van der Waals surface area contributed by atoms with E-state index in [2.05, 4.69) is 4.98 Å². The SMILES string of the molecule is CC(C)(CCC(Cl)c1cnc2ccc(Cl)cc2c1)[S+](N)[O-]. The molecule has 1 heterocycles. The van der Waals surface area contributed by atoms with Crippen LogP contribution in [0.5, 0.6) is 0 Å². The maximum absolute atomic E-state index is 11.4. The normalized spacial score (nSPS) is 15.1. The molecule has 2 atom stereocenters. The quantitative estimate of drug-likeness (QED) is 0.647. The van der Waals surface area contributed by atoms with Gasteiger partial charge in [0.1, 0.15) is 4.75 Å². The van der Waals surface area contributed by atoms with Gasteiger partial charge in [-0.15, -0.1) is 11.6 Å². The Bertz CT molecular complexity index is 634. The molecule has 1 aromatic heterocycles. The fourth-order valence-electron chi connectivity index (χ4n) is 2.03. The number of hydrogen-bond donors (Lipinski definition) is 1. The number of halogens is 2. The van der Waals surface area contributed by atoms with Crippen LogP contribution < -0.4 is 5.14 Å². The summed E-state index contributed by atoms with van der Waals surface area (Å²) < 4.78 is 11.0. The Morgan fingerprint density at radius 1 is 1.38 bits per heavy atom. The number of pyridine rings is 1. The molecule has 0 aliphatic rings. The third kappa shape index (κ3) is 4.24. The summed E-state index contributed by atoms with van der Waals surface area (Å²) in [4.78, 5) is 4.40. The molecule has 0 amide bonds. The molecule has 2 rings (SSSR count). The first-order chi connectivity index (χ1) is 9.79. The second kappa shape index (κ2) is 6.71. The first-order valence-electron chi connectivity index (χ1n) is 6.65. The number of alkyl halides is 1. The number of aromatic nitrogens is 1. The van der Waals surface area contributed by atoms with Crippen LogP contribution in [0.15, 0.2) is 30.5 Å². The lowest BCUT2D eigenvalue weighted by Crippen LogP contribution is -2.37. The van der Waals surface area contributed by atoms with Gasteiger partial charge in [-0.25, -0.2) is 0 Å². The van der Waals surface area contributed by atoms with Crippen LogP contribution in [0.25, 0.3) is 10.9 Å². The molecule has 0 saturated heterocycles. The number of fused-ring (bicyclic) bond motifs is 1. The van der Waals surface area contributed by atoms with Crippen LogP contribution in [0.4, 0.5) is 0 Å². The molecule has 0 aliphatic heterocycles. The third-order valence-corrected chi connectivity index (χ3v) is 5.57. The maximum Gasteiger partial charge on any atom is 0.139 e. The van der Waals surface area contributed by atoms with Crippen LogP contribution in [0, 0.1) is 0 Å². The van der Waals surface area contributed by atoms with Gasteiger partial charge < -0.3 is 4.55 Å². The molecule has 2 N–H and O–H groups in total. The lowest BCUT2D eigenvalue weighted by Gasteiger charge is -2.25. The van der Waals surface area contributed by atoms with E-state index in [4.69, 9.17) is 28.3 Å². The molecular formula is C15H18Cl2N2OS. The van der Waals surface area contributed by atoms with Gasteiger partial charge in [-0.2, -0.15) is 5.14 Å². The Morgan fingerprint density at radius 2 is 2.10 bits per heavy atom. The fourth-order valence-corrected chi connectivity index (χ4v) is 2.76. The van der Waals surface area contributed by atoms with Crippen molar-refractivity contribution in [3.63, 3.8) is 0 Å². The number of nitrogens with two attached hydrogens (primary N) is 1. The van der Waals surface area contributed by atoms with Crippen molar-refractivity contribution >= 4 is 45.5 Å². The minimum absolute atomic E-state index is 0.191. The molecule has 3 nitrogen and oxygen atoms in total. The zero-order valence-electron chi connectivity index (χ0n) is 12.0. The van der Waals surface area contributed by atoms with Crippen LogP contribution in [0.1, 0.15) is 37.6 Å². The average Bonchev–Trinajstić information content (AvgIpc) is 2.43. The number of benzene rings is 1. The molecule has 0 radical (unpaired) electrons. The molecule has 1 aromatic carbocycles. The molecule has 0 aliphatic carbocycles. The van der Waals surface area contributed by atoms with E-state index in [9.17, 15) is 4.55 Å². The van der Waals surface area contributed by atoms with Crippen LogP contribution >= 0.6 is 23.2 Å². The first kappa shape index (κ1) is 16.8. The molecule has 0 spiro atoms. The second-order valence-corrected chi connectivity index (χ2v) is 8.33. The average molecular weight is 345 g/mol. The zero-order valence-corrected chi connectivity index (χ0v) is 14.3. The van der Waals surface area contributed by atoms with Crippen molar-refractivity contribution in [2.75, 3.05) is 0 Å². The number of nitrogens with zero attached hydrogens (tertiary/aromatic N) is 1. The highest BCUT2D eigenvalue weighted by Crippen LogP contribution is 2.32. The van der Waals surface area contributed by atoms with E-state index in [0.29, 0.717) is 17.9 Å². The molecule has 21 heavy (non-hydrogen) atoms. The molecule has 2 unspecified atom stereocenters. The predicted octanol–water partition coefficient (Wildman–Crippen LogP) is 4.35. The van der Waals surface area contributed by atoms with Gasteiger partial charge in [0, 0.05) is 34.4 Å². The van der Waals surface area contributed by atoms with Crippen molar-refractivity contribution in [3.8, 4) is 0 Å². The van der Waals surface area contributed by atoms with Crippen molar-refractivity contribution < 1.29 is 4.55 Å². The summed E-state index contributed by atoms with van der Waals surface area (Å²) in [7, 11) is 0. The van der Waals surface area contributed by atoms with E-state index < -0.39 is 16.1 Å². The summed E-state index contributed by atoms with van der Waals surface area (Å²) in [6.45, 7) is 3.76. The highest BCUT2D eigenvalue weighted by Gasteiger charge is 2.30. The summed E-state index contributed by atoms with van der Waals surface area (Å²) in [5, 5.41) is 6.94. The molecular weight excluding hydrogens is 327 g/mol. The standard InChI is InChI=1S/C15H18Cl2N2OS/c1-15(2,21(18)20)6-5-13(17)11-7-10-8-12(16)3-4-14(10)19-9-11/h3-4,7-9,13H,5-6,18H2,1-2H3. The van der Waals surface area contributed by atoms with Gasteiger partial charge in [0.25, 0.3) is 0 Å². The fraction of sp³-hybridized carbons (Fsp3) is 0.400. The van der Waals surface area contributed by atoms with E-state index in [1.165, 1.54) is 0 Å². The molecule has 2 aromatic rings. The lowest BCUT2D eigenvalue weighted by molar-refractivity contribution is 0.513. The van der Waals surface area contributed by atoms with Gasteiger partial charge in [-0.1, -0.05) is 11.6 Å². The van der Waals surface area contributed by atoms with Crippen LogP contribution in [0.3, 0.4) is 0 Å². The summed E-state index contributed by atoms with van der Waals surface area (Å²) in [5.41, 5.74) is 1.82. The van der Waals surface area contributed by atoms with Crippen molar-refractivity contribution in [1.29, 1.82) is 0 Å². The topological polar surface area (TPSA) is 62.0 Å². The molecule has 114 valence electrons. The summed E-state index contributed by atoms with van der Waals surface area (Å²) in [6, 6.07) is 7.56. The molecule has 0 bridgehead atoms. The van der Waals surface area contributed by atoms with Gasteiger partial charge in [0.2, 0.25) is 0 Å². The van der Waals surface area contributed by atoms with E-state index in [-0.39, 0.29) is 5.38 Å². The highest BCUT2D eigenvalue weighted by molar-refractivity contribution is 7.90. The van der Waals surface area contributed by atoms with E-state index >= 15 is 0 Å². The Labute approximate surface area is 138 Å². The van der Waals surface area contributed by atoms with Gasteiger partial charge in [0.15, 0.2) is 0 Å². The third-order valence-electron chi connectivity index (χ3n) is 3.57. The van der Waals surface area contributed by atoms with Crippen molar-refractivity contribution in [1.82, 2.24) is 4.98 Å². The van der Waals surface area contributed by atoms with E-state index in [1.54, 1.807) is 6.20 Å². The smallest absolute Gasteiger partial charge is 0.139 e. The summed E-state index contributed by atoms with van der Waals surface area (Å²) in [5.74, 6) is 0. The lowest BCUT2D eigenvalue weighted by atomic mass is 10.0. The summed E-state index contributed by atoms with van der Waals surface area (Å²) >= 11 is 11.1. The minimum Gasteiger partial charge on any atom is -0.598 e. The molecule has 0 fully saturated rings. The van der Waals surface area contributed by atoms with Gasteiger partial charge >= 0.3 is 0 Å². The zero-order chi connectivity index (χ0) is 15.6. The monoisotopic (exact) mass is 344 g/mol. The summed E-state index contributed by atoms with van der Waals surface area (Å²) in [6.07, 6.45) is 3.14. The van der Waals surface area contributed by atoms with Crippen LogP contribution in [-0.4, -0.2) is 14.3 Å². The van der Waals surface area contributed by atoms with Crippen molar-refractivity contribution in [3.05, 3.63) is 41.0 Å². The maximum atomic E-state index is 11.4.